The molecule has 3 heterocycles. The summed E-state index contributed by atoms with van der Waals surface area (Å²) in [7, 11) is 3.08. The third-order valence-electron chi connectivity index (χ3n) is 6.35. The second-order valence-corrected chi connectivity index (χ2v) is 10.6. The summed E-state index contributed by atoms with van der Waals surface area (Å²) in [5, 5.41) is 15.6. The van der Waals surface area contributed by atoms with Gasteiger partial charge < -0.3 is 33.6 Å². The number of hydrogen-bond acceptors (Lipinski definition) is 10. The molecule has 0 aliphatic carbocycles. The first-order chi connectivity index (χ1) is 20.1. The summed E-state index contributed by atoms with van der Waals surface area (Å²) in [5.74, 6) is 2.00. The largest absolute Gasteiger partial charge is 0.493 e. The molecule has 0 spiro atoms. The molecule has 1 atom stereocenters. The fraction of sp³-hybridized carbons (Fsp3) is 0.345. The van der Waals surface area contributed by atoms with Crippen LogP contribution in [0.2, 0.25) is 0 Å². The maximum Gasteiger partial charge on any atom is 0.251 e. The Bertz CT molecular complexity index is 1560. The standard InChI is InChI=1S/C29H32N6O7/c1-29(2,3)30-28(37)26(22-7-6-12-40-22)34(15-18-8-10-21-24(13-18)42-17-41-21)25(36)16-35-32-27(31-33-35)19-9-11-20(38-4)23(14-19)39-5/h6-14,26H,15-17H2,1-5H3,(H,30,37)/t26-/m1/s1. The van der Waals surface area contributed by atoms with Gasteiger partial charge in [-0.1, -0.05) is 6.07 Å². The van der Waals surface area contributed by atoms with Crippen molar-refractivity contribution in [1.82, 2.24) is 30.4 Å². The van der Waals surface area contributed by atoms with Crippen molar-refractivity contribution in [2.45, 2.75) is 45.4 Å². The van der Waals surface area contributed by atoms with Gasteiger partial charge >= 0.3 is 0 Å². The zero-order chi connectivity index (χ0) is 29.9. The molecule has 13 nitrogen and oxygen atoms in total. The van der Waals surface area contributed by atoms with E-state index in [9.17, 15) is 9.59 Å². The van der Waals surface area contributed by atoms with Crippen molar-refractivity contribution in [2.75, 3.05) is 21.0 Å². The van der Waals surface area contributed by atoms with Crippen LogP contribution in [0.4, 0.5) is 0 Å². The van der Waals surface area contributed by atoms with E-state index in [2.05, 4.69) is 20.7 Å². The number of carbonyl (C=O) groups excluding carboxylic acids is 2. The van der Waals surface area contributed by atoms with Crippen LogP contribution in [-0.2, 0) is 22.7 Å². The molecular weight excluding hydrogens is 544 g/mol. The SMILES string of the molecule is COc1ccc(-c2nnn(CC(=O)N(Cc3ccc4c(c3)OCO4)[C@@H](C(=O)NC(C)(C)C)c3ccco3)n2)cc1OC. The quantitative estimate of drug-likeness (QED) is 0.298. The van der Waals surface area contributed by atoms with E-state index >= 15 is 0 Å². The van der Waals surface area contributed by atoms with Crippen molar-refractivity contribution in [3.05, 3.63) is 66.1 Å². The van der Waals surface area contributed by atoms with Crippen molar-refractivity contribution < 1.29 is 33.0 Å². The highest BCUT2D eigenvalue weighted by Gasteiger charge is 2.36. The fourth-order valence-electron chi connectivity index (χ4n) is 4.48. The first kappa shape index (κ1) is 28.5. The van der Waals surface area contributed by atoms with Gasteiger partial charge in [0.2, 0.25) is 18.5 Å². The number of rotatable bonds is 10. The zero-order valence-electron chi connectivity index (χ0n) is 24.0. The average molecular weight is 577 g/mol. The highest BCUT2D eigenvalue weighted by molar-refractivity contribution is 5.88. The van der Waals surface area contributed by atoms with Gasteiger partial charge in [-0.25, -0.2) is 0 Å². The molecule has 13 heteroatoms. The van der Waals surface area contributed by atoms with Gasteiger partial charge in [-0.2, -0.15) is 4.80 Å². The van der Waals surface area contributed by atoms with Gasteiger partial charge in [-0.15, -0.1) is 10.2 Å². The summed E-state index contributed by atoms with van der Waals surface area (Å²) in [6, 6.07) is 12.8. The van der Waals surface area contributed by atoms with Crippen LogP contribution in [0.25, 0.3) is 11.4 Å². The van der Waals surface area contributed by atoms with E-state index < -0.39 is 23.4 Å². The average Bonchev–Trinajstić information content (AvgIpc) is 3.73. The van der Waals surface area contributed by atoms with Crippen LogP contribution >= 0.6 is 0 Å². The molecule has 2 amide bonds. The smallest absolute Gasteiger partial charge is 0.251 e. The lowest BCUT2D eigenvalue weighted by molar-refractivity contribution is -0.143. The highest BCUT2D eigenvalue weighted by atomic mass is 16.7. The second kappa shape index (κ2) is 11.8. The lowest BCUT2D eigenvalue weighted by atomic mass is 10.1. The Balaban J connectivity index is 1.46. The predicted molar refractivity (Wildman–Crippen MR) is 149 cm³/mol. The number of aromatic nitrogens is 4. The van der Waals surface area contributed by atoms with Crippen molar-refractivity contribution in [2.24, 2.45) is 0 Å². The van der Waals surface area contributed by atoms with Gasteiger partial charge in [0.25, 0.3) is 5.91 Å². The van der Waals surface area contributed by atoms with E-state index in [4.69, 9.17) is 23.4 Å². The van der Waals surface area contributed by atoms with Crippen LogP contribution in [0.3, 0.4) is 0 Å². The molecule has 5 rings (SSSR count). The molecule has 1 aliphatic heterocycles. The number of ether oxygens (including phenoxy) is 4. The Morgan fingerprint density at radius 1 is 1.05 bits per heavy atom. The molecule has 220 valence electrons. The van der Waals surface area contributed by atoms with Gasteiger partial charge in [-0.05, 0) is 74.0 Å². The molecule has 2 aromatic heterocycles. The fourth-order valence-corrected chi connectivity index (χ4v) is 4.48. The number of carbonyl (C=O) groups is 2. The summed E-state index contributed by atoms with van der Waals surface area (Å²) < 4.78 is 27.3. The predicted octanol–water partition coefficient (Wildman–Crippen LogP) is 3.36. The Labute approximate surface area is 242 Å². The molecule has 0 radical (unpaired) electrons. The van der Waals surface area contributed by atoms with Crippen LogP contribution in [0.5, 0.6) is 23.0 Å². The zero-order valence-corrected chi connectivity index (χ0v) is 24.0. The van der Waals surface area contributed by atoms with E-state index in [1.807, 2.05) is 26.8 Å². The first-order valence-electron chi connectivity index (χ1n) is 13.2. The van der Waals surface area contributed by atoms with Gasteiger partial charge in [0.05, 0.1) is 20.5 Å². The number of methoxy groups -OCH3 is 2. The number of fused-ring (bicyclic) bond motifs is 1. The van der Waals surface area contributed by atoms with Crippen LogP contribution in [0.1, 0.15) is 38.1 Å². The topological polar surface area (TPSA) is 143 Å². The van der Waals surface area contributed by atoms with Crippen LogP contribution in [0.15, 0.2) is 59.2 Å². The van der Waals surface area contributed by atoms with E-state index in [1.54, 1.807) is 49.6 Å². The number of tetrazole rings is 1. The lowest BCUT2D eigenvalue weighted by Gasteiger charge is -2.32. The molecule has 1 aliphatic rings. The summed E-state index contributed by atoms with van der Waals surface area (Å²) in [5.41, 5.74) is 0.795. The number of furan rings is 1. The van der Waals surface area contributed by atoms with Crippen LogP contribution in [0, 0.1) is 0 Å². The minimum atomic E-state index is -1.08. The van der Waals surface area contributed by atoms with Gasteiger partial charge in [-0.3, -0.25) is 9.59 Å². The van der Waals surface area contributed by atoms with Gasteiger partial charge in [0.15, 0.2) is 29.0 Å². The summed E-state index contributed by atoms with van der Waals surface area (Å²) in [4.78, 5) is 30.2. The van der Waals surface area contributed by atoms with Crippen LogP contribution < -0.4 is 24.3 Å². The number of amides is 2. The molecule has 0 unspecified atom stereocenters. The Morgan fingerprint density at radius 3 is 2.55 bits per heavy atom. The van der Waals surface area contributed by atoms with Gasteiger partial charge in [0.1, 0.15) is 12.3 Å². The third-order valence-corrected chi connectivity index (χ3v) is 6.35. The highest BCUT2D eigenvalue weighted by Crippen LogP contribution is 2.34. The van der Waals surface area contributed by atoms with Crippen molar-refractivity contribution in [1.29, 1.82) is 0 Å². The molecule has 0 bridgehead atoms. The number of hydrogen-bond donors (Lipinski definition) is 1. The Morgan fingerprint density at radius 2 is 1.83 bits per heavy atom. The lowest BCUT2D eigenvalue weighted by Crippen LogP contribution is -2.49. The van der Waals surface area contributed by atoms with E-state index in [0.29, 0.717) is 40.1 Å². The van der Waals surface area contributed by atoms with E-state index in [1.165, 1.54) is 23.1 Å². The molecule has 2 aromatic carbocycles. The second-order valence-electron chi connectivity index (χ2n) is 10.6. The molecule has 0 saturated carbocycles. The van der Waals surface area contributed by atoms with Crippen molar-refractivity contribution >= 4 is 11.8 Å². The third kappa shape index (κ3) is 6.29. The summed E-state index contributed by atoms with van der Waals surface area (Å²) in [6.45, 7) is 5.49. The number of nitrogens with one attached hydrogen (secondary N) is 1. The number of benzene rings is 2. The normalized spacial score (nSPS) is 13.0. The minimum absolute atomic E-state index is 0.0651. The maximum atomic E-state index is 14.0. The van der Waals surface area contributed by atoms with Crippen LogP contribution in [-0.4, -0.2) is 63.5 Å². The van der Waals surface area contributed by atoms with Crippen molar-refractivity contribution in [3.63, 3.8) is 0 Å². The summed E-state index contributed by atoms with van der Waals surface area (Å²) in [6.07, 6.45) is 1.46. The molecule has 0 fully saturated rings. The molecule has 0 saturated heterocycles. The Kier molecular flexibility index (Phi) is 8.00. The Hall–Kier alpha value is -5.07. The molecular formula is C29H32N6O7. The first-order valence-corrected chi connectivity index (χ1v) is 13.2. The minimum Gasteiger partial charge on any atom is -0.493 e. The monoisotopic (exact) mass is 576 g/mol. The summed E-state index contributed by atoms with van der Waals surface area (Å²) >= 11 is 0. The van der Waals surface area contributed by atoms with Crippen molar-refractivity contribution in [3.8, 4) is 34.4 Å². The molecule has 4 aromatic rings. The molecule has 1 N–H and O–H groups in total. The molecule has 42 heavy (non-hydrogen) atoms. The maximum absolute atomic E-state index is 14.0. The number of nitrogens with zero attached hydrogens (tertiary/aromatic N) is 5. The van der Waals surface area contributed by atoms with E-state index in [-0.39, 0.29) is 19.9 Å². The van der Waals surface area contributed by atoms with E-state index in [0.717, 1.165) is 5.56 Å². The van der Waals surface area contributed by atoms with Gasteiger partial charge in [0, 0.05) is 17.6 Å².